The summed E-state index contributed by atoms with van der Waals surface area (Å²) in [5.41, 5.74) is 1.22. The highest BCUT2D eigenvalue weighted by atomic mass is 15.3. The van der Waals surface area contributed by atoms with E-state index in [0.717, 1.165) is 18.5 Å². The molecule has 3 heteroatoms. The number of nitrogens with one attached hydrogen (secondary N) is 1. The molecule has 2 aliphatic carbocycles. The Labute approximate surface area is 116 Å². The molecular formula is C16H27N3. The van der Waals surface area contributed by atoms with Crippen molar-refractivity contribution in [2.24, 2.45) is 5.92 Å². The molecule has 2 saturated carbocycles. The minimum absolute atomic E-state index is 0.663. The van der Waals surface area contributed by atoms with Crippen LogP contribution >= 0.6 is 0 Å². The Kier molecular flexibility index (Phi) is 4.21. The molecule has 2 fully saturated rings. The molecule has 0 saturated heterocycles. The number of nitrogens with zero attached hydrogens (tertiary/aromatic N) is 2. The molecule has 3 rings (SSSR count). The Bertz CT molecular complexity index is 392. The van der Waals surface area contributed by atoms with Crippen LogP contribution in [0.5, 0.6) is 0 Å². The zero-order chi connectivity index (χ0) is 13.1. The third kappa shape index (κ3) is 3.38. The van der Waals surface area contributed by atoms with Crippen LogP contribution in [-0.2, 0) is 6.54 Å². The fourth-order valence-corrected chi connectivity index (χ4v) is 3.44. The molecule has 0 aromatic carbocycles. The Morgan fingerprint density at radius 1 is 1.32 bits per heavy atom. The molecule has 3 nitrogen and oxygen atoms in total. The molecule has 1 aromatic rings. The lowest BCUT2D eigenvalue weighted by Crippen LogP contribution is -2.19. The van der Waals surface area contributed by atoms with E-state index in [1.807, 2.05) is 0 Å². The van der Waals surface area contributed by atoms with Gasteiger partial charge in [0.25, 0.3) is 0 Å². The molecule has 1 aromatic heterocycles. The van der Waals surface area contributed by atoms with Crippen LogP contribution in [0.15, 0.2) is 12.3 Å². The molecule has 0 aliphatic heterocycles. The van der Waals surface area contributed by atoms with Gasteiger partial charge in [0.1, 0.15) is 0 Å². The average Bonchev–Trinajstić information content (AvgIpc) is 3.02. The van der Waals surface area contributed by atoms with Crippen molar-refractivity contribution >= 4 is 0 Å². The number of aromatic nitrogens is 2. The van der Waals surface area contributed by atoms with E-state index in [9.17, 15) is 0 Å². The maximum absolute atomic E-state index is 4.76. The zero-order valence-corrected chi connectivity index (χ0v) is 12.1. The lowest BCUT2D eigenvalue weighted by Gasteiger charge is -2.21. The monoisotopic (exact) mass is 261 g/mol. The molecular weight excluding hydrogens is 234 g/mol. The summed E-state index contributed by atoms with van der Waals surface area (Å²) >= 11 is 0. The first-order chi connectivity index (χ1) is 9.36. The van der Waals surface area contributed by atoms with Gasteiger partial charge in [0.2, 0.25) is 0 Å². The van der Waals surface area contributed by atoms with Gasteiger partial charge < -0.3 is 5.32 Å². The van der Waals surface area contributed by atoms with Crippen molar-refractivity contribution in [2.75, 3.05) is 0 Å². The van der Waals surface area contributed by atoms with E-state index in [2.05, 4.69) is 29.2 Å². The van der Waals surface area contributed by atoms with Gasteiger partial charge in [-0.05, 0) is 37.7 Å². The van der Waals surface area contributed by atoms with Crippen LogP contribution in [0, 0.1) is 5.92 Å². The summed E-state index contributed by atoms with van der Waals surface area (Å²) < 4.78 is 2.21. The molecule has 1 N–H and O–H groups in total. The second-order valence-electron chi connectivity index (χ2n) is 6.35. The van der Waals surface area contributed by atoms with Crippen molar-refractivity contribution in [3.05, 3.63) is 18.0 Å². The zero-order valence-electron chi connectivity index (χ0n) is 12.1. The number of hydrogen-bond donors (Lipinski definition) is 1. The van der Waals surface area contributed by atoms with E-state index in [1.165, 1.54) is 57.1 Å². The third-order valence-corrected chi connectivity index (χ3v) is 4.74. The van der Waals surface area contributed by atoms with Crippen LogP contribution in [0.1, 0.15) is 70.0 Å². The van der Waals surface area contributed by atoms with Crippen LogP contribution in [0.2, 0.25) is 0 Å². The summed E-state index contributed by atoms with van der Waals surface area (Å²) in [5.74, 6) is 0.936. The molecule has 0 spiro atoms. The molecule has 0 amide bonds. The van der Waals surface area contributed by atoms with Crippen molar-refractivity contribution in [1.82, 2.24) is 15.1 Å². The van der Waals surface area contributed by atoms with E-state index < -0.39 is 0 Å². The standard InChI is InChI=1S/C16H27N3/c1-2-6-13-11-16(13)17-12-14-9-10-19(18-14)15-7-4-3-5-8-15/h9-10,13,15-17H,2-8,11-12H2,1H3. The fraction of sp³-hybridized carbons (Fsp3) is 0.812. The first kappa shape index (κ1) is 13.2. The lowest BCUT2D eigenvalue weighted by atomic mass is 9.96. The van der Waals surface area contributed by atoms with Gasteiger partial charge in [0.05, 0.1) is 11.7 Å². The van der Waals surface area contributed by atoms with Crippen molar-refractivity contribution in [1.29, 1.82) is 0 Å². The highest BCUT2D eigenvalue weighted by molar-refractivity contribution is 5.02. The van der Waals surface area contributed by atoms with Gasteiger partial charge >= 0.3 is 0 Å². The SMILES string of the molecule is CCCC1CC1NCc1ccn(C2CCCCC2)n1. The van der Waals surface area contributed by atoms with Gasteiger partial charge in [0.15, 0.2) is 0 Å². The summed E-state index contributed by atoms with van der Waals surface area (Å²) in [5, 5.41) is 8.41. The van der Waals surface area contributed by atoms with E-state index in [-0.39, 0.29) is 0 Å². The first-order valence-electron chi connectivity index (χ1n) is 8.14. The topological polar surface area (TPSA) is 29.9 Å². The third-order valence-electron chi connectivity index (χ3n) is 4.74. The molecule has 2 aliphatic rings. The second-order valence-corrected chi connectivity index (χ2v) is 6.35. The van der Waals surface area contributed by atoms with Crippen molar-refractivity contribution in [3.63, 3.8) is 0 Å². The summed E-state index contributed by atoms with van der Waals surface area (Å²) in [6.45, 7) is 3.23. The summed E-state index contributed by atoms with van der Waals surface area (Å²) in [4.78, 5) is 0. The van der Waals surface area contributed by atoms with Crippen LogP contribution < -0.4 is 5.32 Å². The Hall–Kier alpha value is -0.830. The van der Waals surface area contributed by atoms with Crippen molar-refractivity contribution < 1.29 is 0 Å². The highest BCUT2D eigenvalue weighted by Gasteiger charge is 2.35. The predicted octanol–water partition coefficient (Wildman–Crippen LogP) is 3.67. The molecule has 2 unspecified atom stereocenters. The minimum Gasteiger partial charge on any atom is -0.308 e. The summed E-state index contributed by atoms with van der Waals surface area (Å²) in [6, 6.07) is 3.62. The van der Waals surface area contributed by atoms with Gasteiger partial charge in [-0.2, -0.15) is 5.10 Å². The van der Waals surface area contributed by atoms with E-state index in [1.54, 1.807) is 0 Å². The Balaban J connectivity index is 1.46. The predicted molar refractivity (Wildman–Crippen MR) is 78.0 cm³/mol. The fourth-order valence-electron chi connectivity index (χ4n) is 3.44. The Morgan fingerprint density at radius 3 is 2.95 bits per heavy atom. The van der Waals surface area contributed by atoms with Crippen LogP contribution in [0.4, 0.5) is 0 Å². The van der Waals surface area contributed by atoms with E-state index >= 15 is 0 Å². The quantitative estimate of drug-likeness (QED) is 0.847. The maximum Gasteiger partial charge on any atom is 0.0762 e. The molecule has 2 atom stereocenters. The maximum atomic E-state index is 4.76. The Morgan fingerprint density at radius 2 is 2.16 bits per heavy atom. The molecule has 19 heavy (non-hydrogen) atoms. The lowest BCUT2D eigenvalue weighted by molar-refractivity contribution is 0.327. The van der Waals surface area contributed by atoms with Crippen molar-refractivity contribution in [2.45, 2.75) is 76.9 Å². The number of rotatable bonds is 6. The van der Waals surface area contributed by atoms with Gasteiger partial charge in [-0.3, -0.25) is 4.68 Å². The van der Waals surface area contributed by atoms with Gasteiger partial charge in [-0.1, -0.05) is 32.6 Å². The number of hydrogen-bond acceptors (Lipinski definition) is 2. The van der Waals surface area contributed by atoms with Gasteiger partial charge in [-0.15, -0.1) is 0 Å². The summed E-state index contributed by atoms with van der Waals surface area (Å²) in [7, 11) is 0. The van der Waals surface area contributed by atoms with E-state index in [0.29, 0.717) is 6.04 Å². The second kappa shape index (κ2) is 6.08. The van der Waals surface area contributed by atoms with Crippen LogP contribution in [-0.4, -0.2) is 15.8 Å². The molecule has 0 radical (unpaired) electrons. The largest absolute Gasteiger partial charge is 0.308 e. The van der Waals surface area contributed by atoms with Gasteiger partial charge in [-0.25, -0.2) is 0 Å². The summed E-state index contributed by atoms with van der Waals surface area (Å²) in [6.07, 6.45) is 13.0. The van der Waals surface area contributed by atoms with Crippen LogP contribution in [0.25, 0.3) is 0 Å². The first-order valence-corrected chi connectivity index (χ1v) is 8.14. The van der Waals surface area contributed by atoms with E-state index in [4.69, 9.17) is 5.10 Å². The minimum atomic E-state index is 0.663. The highest BCUT2D eigenvalue weighted by Crippen LogP contribution is 2.34. The van der Waals surface area contributed by atoms with Crippen molar-refractivity contribution in [3.8, 4) is 0 Å². The molecule has 106 valence electrons. The average molecular weight is 261 g/mol. The molecule has 0 bridgehead atoms. The molecule has 1 heterocycles. The van der Waals surface area contributed by atoms with Gasteiger partial charge in [0, 0.05) is 18.8 Å². The normalized spacial score (nSPS) is 27.6. The smallest absolute Gasteiger partial charge is 0.0762 e. The van der Waals surface area contributed by atoms with Crippen LogP contribution in [0.3, 0.4) is 0 Å².